The predicted octanol–water partition coefficient (Wildman–Crippen LogP) is 24.1. The van der Waals surface area contributed by atoms with Gasteiger partial charge in [0.1, 0.15) is 19.3 Å². The summed E-state index contributed by atoms with van der Waals surface area (Å²) in [6.07, 6.45) is 59.6. The average molecular weight is 1470 g/mol. The smallest absolute Gasteiger partial charge is 0.462 e. The molecule has 100 heavy (non-hydrogen) atoms. The number of aliphatic hydroxyl groups is 1. The molecule has 0 bridgehead atoms. The maximum absolute atomic E-state index is 13.1. The van der Waals surface area contributed by atoms with Gasteiger partial charge in [-0.25, -0.2) is 9.13 Å². The molecular weight excluding hydrogens is 1310 g/mol. The number of esters is 4. The van der Waals surface area contributed by atoms with Crippen LogP contribution in [-0.2, 0) is 65.4 Å². The van der Waals surface area contributed by atoms with E-state index in [1.54, 1.807) is 0 Å². The molecule has 0 saturated carbocycles. The normalized spacial score (nSPS) is 14.8. The molecule has 0 saturated heterocycles. The molecule has 0 heterocycles. The number of phosphoric acid groups is 2. The van der Waals surface area contributed by atoms with Gasteiger partial charge in [0.25, 0.3) is 0 Å². The van der Waals surface area contributed by atoms with Crippen molar-refractivity contribution < 1.29 is 80.2 Å². The lowest BCUT2D eigenvalue weighted by atomic mass is 9.99. The highest BCUT2D eigenvalue weighted by atomic mass is 31.2. The number of phosphoric ester groups is 2. The van der Waals surface area contributed by atoms with E-state index >= 15 is 0 Å². The van der Waals surface area contributed by atoms with Gasteiger partial charge in [0.05, 0.1) is 26.4 Å². The lowest BCUT2D eigenvalue weighted by molar-refractivity contribution is -0.161. The third-order valence-electron chi connectivity index (χ3n) is 20.0. The molecule has 0 spiro atoms. The van der Waals surface area contributed by atoms with E-state index in [2.05, 4.69) is 48.5 Å². The van der Waals surface area contributed by atoms with E-state index < -0.39 is 97.5 Å². The molecule has 8 atom stereocenters. The lowest BCUT2D eigenvalue weighted by Gasteiger charge is -2.21. The molecule has 3 N–H and O–H groups in total. The number of carbonyl (C=O) groups excluding carboxylic acids is 4. The molecule has 0 radical (unpaired) electrons. The minimum absolute atomic E-state index is 0.105. The third-order valence-corrected chi connectivity index (χ3v) is 21.9. The topological polar surface area (TPSA) is 237 Å². The van der Waals surface area contributed by atoms with E-state index in [0.717, 1.165) is 108 Å². The monoisotopic (exact) mass is 1470 g/mol. The summed E-state index contributed by atoms with van der Waals surface area (Å²) in [6.45, 7) is 12.0. The van der Waals surface area contributed by atoms with Gasteiger partial charge in [0, 0.05) is 25.7 Å². The number of ether oxygens (including phenoxy) is 4. The summed E-state index contributed by atoms with van der Waals surface area (Å²) >= 11 is 0. The molecule has 0 aromatic carbocycles. The Morgan fingerprint density at radius 2 is 0.480 bits per heavy atom. The number of hydrogen-bond donors (Lipinski definition) is 3. The van der Waals surface area contributed by atoms with Crippen LogP contribution in [0, 0.1) is 17.8 Å². The largest absolute Gasteiger partial charge is 0.472 e. The van der Waals surface area contributed by atoms with Crippen molar-refractivity contribution in [1.29, 1.82) is 0 Å². The lowest BCUT2D eigenvalue weighted by Crippen LogP contribution is -2.30. The van der Waals surface area contributed by atoms with E-state index in [-0.39, 0.29) is 25.7 Å². The number of carbonyl (C=O) groups is 4. The number of aliphatic hydroxyl groups excluding tert-OH is 1. The second-order valence-corrected chi connectivity index (χ2v) is 32.8. The molecule has 594 valence electrons. The maximum atomic E-state index is 13.1. The standard InChI is InChI=1S/C81H158O17P2/c1-8-12-13-14-15-16-17-18-19-20-21-22-23-24-25-26-27-28-33-43-50-57-64-80(85)97-76(68-91-78(83)62-55-48-41-32-30-29-31-38-45-52-59-72(5)9-2)70-95-99(87,88)93-66-75(82)67-94-100(89,90)96-71-77(98-81(86)65-58-51-44-37-35-40-47-54-61-74(7)11-4)69-92-79(84)63-56-49-42-36-34-39-46-53-60-73(6)10-3/h72-77,82H,8-71H2,1-7H3,(H,87,88)(H,89,90)/t72?,73?,74?,75-,76-,77-/m1/s1. The van der Waals surface area contributed by atoms with Crippen LogP contribution in [0.5, 0.6) is 0 Å². The molecule has 0 fully saturated rings. The Balaban J connectivity index is 5.23. The summed E-state index contributed by atoms with van der Waals surface area (Å²) in [5, 5.41) is 10.6. The van der Waals surface area contributed by atoms with Crippen molar-refractivity contribution in [3.8, 4) is 0 Å². The molecule has 0 aromatic heterocycles. The highest BCUT2D eigenvalue weighted by molar-refractivity contribution is 7.47. The van der Waals surface area contributed by atoms with Gasteiger partial charge in [0.2, 0.25) is 0 Å². The van der Waals surface area contributed by atoms with Gasteiger partial charge < -0.3 is 33.8 Å². The van der Waals surface area contributed by atoms with Gasteiger partial charge in [-0.05, 0) is 43.4 Å². The van der Waals surface area contributed by atoms with E-state index in [1.165, 1.54) is 231 Å². The third kappa shape index (κ3) is 70.4. The zero-order valence-corrected chi connectivity index (χ0v) is 67.5. The van der Waals surface area contributed by atoms with Crippen LogP contribution in [0.15, 0.2) is 0 Å². The highest BCUT2D eigenvalue weighted by Gasteiger charge is 2.30. The summed E-state index contributed by atoms with van der Waals surface area (Å²) in [5.41, 5.74) is 0. The first-order valence-electron chi connectivity index (χ1n) is 42.0. The Morgan fingerprint density at radius 3 is 0.710 bits per heavy atom. The maximum Gasteiger partial charge on any atom is 0.472 e. The van der Waals surface area contributed by atoms with Gasteiger partial charge in [0.15, 0.2) is 12.2 Å². The average Bonchev–Trinajstić information content (AvgIpc) is 0.937. The summed E-state index contributed by atoms with van der Waals surface area (Å²) in [5.74, 6) is 0.242. The van der Waals surface area contributed by atoms with Gasteiger partial charge in [-0.15, -0.1) is 0 Å². The molecule has 0 aliphatic heterocycles. The SMILES string of the molecule is CCCCCCCCCCCCCCCCCCCCCCCCC(=O)O[C@H](COC(=O)CCCCCCCCCCCCC(C)CC)COP(=O)(O)OC[C@@H](O)COP(=O)(O)OC[C@@H](COC(=O)CCCCCCCCCCC(C)CC)OC(=O)CCCCCCCCCCC(C)CC. The van der Waals surface area contributed by atoms with Gasteiger partial charge >= 0.3 is 39.5 Å². The molecule has 17 nitrogen and oxygen atoms in total. The van der Waals surface area contributed by atoms with Crippen molar-refractivity contribution >= 4 is 39.5 Å². The van der Waals surface area contributed by atoms with E-state index in [1.807, 2.05) is 0 Å². The van der Waals surface area contributed by atoms with Crippen LogP contribution in [0.4, 0.5) is 0 Å². The molecule has 0 rings (SSSR count). The van der Waals surface area contributed by atoms with Crippen molar-refractivity contribution in [3.05, 3.63) is 0 Å². The Bertz CT molecular complexity index is 1950. The predicted molar refractivity (Wildman–Crippen MR) is 409 cm³/mol. The fourth-order valence-electron chi connectivity index (χ4n) is 12.4. The van der Waals surface area contributed by atoms with E-state index in [9.17, 15) is 43.2 Å². The first-order chi connectivity index (χ1) is 48.3. The van der Waals surface area contributed by atoms with E-state index in [0.29, 0.717) is 25.7 Å². The van der Waals surface area contributed by atoms with Crippen LogP contribution in [-0.4, -0.2) is 96.7 Å². The first-order valence-corrected chi connectivity index (χ1v) is 45.0. The fraction of sp³-hybridized carbons (Fsp3) is 0.951. The zero-order valence-electron chi connectivity index (χ0n) is 65.7. The molecule has 19 heteroatoms. The van der Waals surface area contributed by atoms with Crippen LogP contribution in [0.2, 0.25) is 0 Å². The Morgan fingerprint density at radius 1 is 0.280 bits per heavy atom. The van der Waals surface area contributed by atoms with Crippen molar-refractivity contribution in [2.75, 3.05) is 39.6 Å². The second kappa shape index (κ2) is 71.3. The van der Waals surface area contributed by atoms with Crippen molar-refractivity contribution in [2.45, 2.75) is 439 Å². The molecule has 0 aliphatic rings. The summed E-state index contributed by atoms with van der Waals surface area (Å²) < 4.78 is 68.7. The van der Waals surface area contributed by atoms with Crippen molar-refractivity contribution in [3.63, 3.8) is 0 Å². The van der Waals surface area contributed by atoms with Crippen LogP contribution in [0.3, 0.4) is 0 Å². The zero-order chi connectivity index (χ0) is 73.7. The minimum atomic E-state index is -4.96. The molecule has 0 amide bonds. The van der Waals surface area contributed by atoms with Crippen LogP contribution in [0.25, 0.3) is 0 Å². The second-order valence-electron chi connectivity index (χ2n) is 29.9. The molecule has 0 aliphatic carbocycles. The summed E-state index contributed by atoms with van der Waals surface area (Å²) in [6, 6.07) is 0. The Kier molecular flexibility index (Phi) is 69.9. The van der Waals surface area contributed by atoms with Gasteiger partial charge in [-0.2, -0.15) is 0 Å². The minimum Gasteiger partial charge on any atom is -0.462 e. The Labute approximate surface area is 613 Å². The molecule has 0 aromatic rings. The summed E-state index contributed by atoms with van der Waals surface area (Å²) in [4.78, 5) is 73.0. The van der Waals surface area contributed by atoms with Gasteiger partial charge in [-0.1, -0.05) is 370 Å². The fourth-order valence-corrected chi connectivity index (χ4v) is 14.0. The van der Waals surface area contributed by atoms with Crippen LogP contribution in [0.1, 0.15) is 421 Å². The van der Waals surface area contributed by atoms with Gasteiger partial charge in [-0.3, -0.25) is 37.3 Å². The molecule has 5 unspecified atom stereocenters. The summed E-state index contributed by atoms with van der Waals surface area (Å²) in [7, 11) is -9.92. The number of rotatable bonds is 79. The van der Waals surface area contributed by atoms with Crippen LogP contribution >= 0.6 is 15.6 Å². The highest BCUT2D eigenvalue weighted by Crippen LogP contribution is 2.45. The molecular formula is C81H158O17P2. The van der Waals surface area contributed by atoms with Crippen LogP contribution < -0.4 is 0 Å². The van der Waals surface area contributed by atoms with Crippen molar-refractivity contribution in [1.82, 2.24) is 0 Å². The first kappa shape index (κ1) is 98.1. The Hall–Kier alpha value is -1.94. The van der Waals surface area contributed by atoms with Crippen molar-refractivity contribution in [2.24, 2.45) is 17.8 Å². The van der Waals surface area contributed by atoms with E-state index in [4.69, 9.17) is 37.0 Å². The number of hydrogen-bond acceptors (Lipinski definition) is 15. The number of unbranched alkanes of at least 4 members (excludes halogenated alkanes) is 44. The quantitative estimate of drug-likeness (QED) is 0.0222.